The number of likely N-dealkylation sites (N-methyl/N-ethyl adjacent to an activating group) is 1. The van der Waals surface area contributed by atoms with Crippen molar-refractivity contribution in [3.8, 4) is 0 Å². The zero-order chi connectivity index (χ0) is 22.4. The lowest BCUT2D eigenvalue weighted by atomic mass is 9.99. The van der Waals surface area contributed by atoms with Crippen molar-refractivity contribution < 1.29 is 13.2 Å². The average Bonchev–Trinajstić information content (AvgIpc) is 2.71. The number of halogens is 4. The molecule has 0 fully saturated rings. The fourth-order valence-corrected chi connectivity index (χ4v) is 3.22. The third kappa shape index (κ3) is 6.94. The summed E-state index contributed by atoms with van der Waals surface area (Å²) in [5.41, 5.74) is 2.46. The lowest BCUT2D eigenvalue weighted by Gasteiger charge is -2.14. The molecule has 0 spiro atoms. The molecular weight excluding hydrogens is 425 g/mol. The fourth-order valence-electron chi connectivity index (χ4n) is 3.09. The molecule has 2 aromatic carbocycles. The Morgan fingerprint density at radius 3 is 2.42 bits per heavy atom. The molecule has 0 aliphatic heterocycles. The SMILES string of the molecule is CN(C)CCNc1ncc(Cc2cccc(C(F)(F)F)c2)c(Cc2ccc(Cl)cc2)n1. The van der Waals surface area contributed by atoms with Crippen molar-refractivity contribution >= 4 is 17.5 Å². The molecule has 1 N–H and O–H groups in total. The second kappa shape index (κ2) is 10.1. The normalized spacial score (nSPS) is 11.7. The molecule has 0 aliphatic rings. The fraction of sp³-hybridized carbons (Fsp3) is 0.304. The van der Waals surface area contributed by atoms with Crippen LogP contribution in [0, 0.1) is 0 Å². The Kier molecular flexibility index (Phi) is 7.51. The third-order valence-electron chi connectivity index (χ3n) is 4.73. The standard InChI is InChI=1S/C23H24ClF3N4/c1-31(2)11-10-28-22-29-15-18(12-17-4-3-5-19(13-17)23(25,26)27)21(30-22)14-16-6-8-20(24)9-7-16/h3-9,13,15H,10-12,14H2,1-2H3,(H,28,29,30). The highest BCUT2D eigenvalue weighted by Gasteiger charge is 2.30. The maximum atomic E-state index is 13.1. The van der Waals surface area contributed by atoms with Gasteiger partial charge in [-0.25, -0.2) is 9.97 Å². The van der Waals surface area contributed by atoms with Crippen LogP contribution in [0.2, 0.25) is 5.02 Å². The number of nitrogens with zero attached hydrogens (tertiary/aromatic N) is 3. The van der Waals surface area contributed by atoms with Crippen LogP contribution in [0.1, 0.15) is 27.9 Å². The van der Waals surface area contributed by atoms with Gasteiger partial charge in [0.25, 0.3) is 0 Å². The van der Waals surface area contributed by atoms with Gasteiger partial charge in [0, 0.05) is 37.2 Å². The summed E-state index contributed by atoms with van der Waals surface area (Å²) in [5, 5.41) is 3.84. The zero-order valence-corrected chi connectivity index (χ0v) is 18.1. The minimum Gasteiger partial charge on any atom is -0.353 e. The van der Waals surface area contributed by atoms with Crippen molar-refractivity contribution in [2.24, 2.45) is 0 Å². The number of nitrogens with one attached hydrogen (secondary N) is 1. The van der Waals surface area contributed by atoms with Crippen LogP contribution in [0.5, 0.6) is 0 Å². The molecule has 1 aromatic heterocycles. The first-order valence-electron chi connectivity index (χ1n) is 9.84. The monoisotopic (exact) mass is 448 g/mol. The van der Waals surface area contributed by atoms with Gasteiger partial charge in [-0.1, -0.05) is 41.9 Å². The van der Waals surface area contributed by atoms with E-state index in [1.54, 1.807) is 24.4 Å². The van der Waals surface area contributed by atoms with E-state index in [9.17, 15) is 13.2 Å². The number of alkyl halides is 3. The van der Waals surface area contributed by atoms with Crippen molar-refractivity contribution in [2.45, 2.75) is 19.0 Å². The predicted molar refractivity (Wildman–Crippen MR) is 118 cm³/mol. The summed E-state index contributed by atoms with van der Waals surface area (Å²) in [4.78, 5) is 11.1. The van der Waals surface area contributed by atoms with E-state index in [1.807, 2.05) is 31.1 Å². The van der Waals surface area contributed by atoms with Crippen LogP contribution in [-0.2, 0) is 19.0 Å². The Bertz CT molecular complexity index is 1000. The molecule has 0 saturated carbocycles. The molecule has 0 saturated heterocycles. The highest BCUT2D eigenvalue weighted by atomic mass is 35.5. The summed E-state index contributed by atoms with van der Waals surface area (Å²) in [7, 11) is 3.96. The second-order valence-electron chi connectivity index (χ2n) is 7.57. The van der Waals surface area contributed by atoms with E-state index in [2.05, 4.69) is 15.3 Å². The maximum absolute atomic E-state index is 13.1. The van der Waals surface area contributed by atoms with Crippen LogP contribution in [0.4, 0.5) is 19.1 Å². The molecule has 31 heavy (non-hydrogen) atoms. The topological polar surface area (TPSA) is 41.0 Å². The lowest BCUT2D eigenvalue weighted by Crippen LogP contribution is -2.21. The molecule has 0 amide bonds. The van der Waals surface area contributed by atoms with Gasteiger partial charge in [0.2, 0.25) is 5.95 Å². The van der Waals surface area contributed by atoms with Crippen LogP contribution in [0.15, 0.2) is 54.7 Å². The van der Waals surface area contributed by atoms with Crippen molar-refractivity contribution in [1.29, 1.82) is 0 Å². The maximum Gasteiger partial charge on any atom is 0.416 e. The summed E-state index contributed by atoms with van der Waals surface area (Å²) < 4.78 is 39.3. The lowest BCUT2D eigenvalue weighted by molar-refractivity contribution is -0.137. The van der Waals surface area contributed by atoms with Gasteiger partial charge in [0.1, 0.15) is 0 Å². The van der Waals surface area contributed by atoms with Crippen molar-refractivity contribution in [3.63, 3.8) is 0 Å². The van der Waals surface area contributed by atoms with Gasteiger partial charge in [-0.05, 0) is 49.0 Å². The molecule has 3 aromatic rings. The average molecular weight is 449 g/mol. The number of aromatic nitrogens is 2. The third-order valence-corrected chi connectivity index (χ3v) is 4.98. The first-order valence-corrected chi connectivity index (χ1v) is 10.2. The van der Waals surface area contributed by atoms with Crippen LogP contribution in [0.25, 0.3) is 0 Å². The summed E-state index contributed by atoms with van der Waals surface area (Å²) in [6, 6.07) is 12.8. The zero-order valence-electron chi connectivity index (χ0n) is 17.4. The van der Waals surface area contributed by atoms with Crippen LogP contribution in [0.3, 0.4) is 0 Å². The van der Waals surface area contributed by atoms with Gasteiger partial charge in [-0.2, -0.15) is 13.2 Å². The molecule has 0 atom stereocenters. The van der Waals surface area contributed by atoms with Crippen LogP contribution >= 0.6 is 11.6 Å². The van der Waals surface area contributed by atoms with E-state index >= 15 is 0 Å². The predicted octanol–water partition coefficient (Wildman–Crippen LogP) is 5.30. The molecule has 164 valence electrons. The first kappa shape index (κ1) is 23.0. The Balaban J connectivity index is 1.87. The van der Waals surface area contributed by atoms with E-state index in [0.717, 1.165) is 29.4 Å². The van der Waals surface area contributed by atoms with Gasteiger partial charge in [0.05, 0.1) is 11.3 Å². The smallest absolute Gasteiger partial charge is 0.353 e. The van der Waals surface area contributed by atoms with Gasteiger partial charge in [-0.15, -0.1) is 0 Å². The first-order chi connectivity index (χ1) is 14.7. The Morgan fingerprint density at radius 1 is 1.00 bits per heavy atom. The molecular formula is C23H24ClF3N4. The van der Waals surface area contributed by atoms with Crippen molar-refractivity contribution in [2.75, 3.05) is 32.5 Å². The molecule has 0 radical (unpaired) electrons. The Hall–Kier alpha value is -2.64. The van der Waals surface area contributed by atoms with Gasteiger partial charge in [-0.3, -0.25) is 0 Å². The Morgan fingerprint density at radius 2 is 1.74 bits per heavy atom. The molecule has 3 rings (SSSR count). The van der Waals surface area contributed by atoms with E-state index in [-0.39, 0.29) is 0 Å². The number of hydrogen-bond acceptors (Lipinski definition) is 4. The number of rotatable bonds is 8. The number of hydrogen-bond donors (Lipinski definition) is 1. The van der Waals surface area contributed by atoms with E-state index < -0.39 is 11.7 Å². The molecule has 0 unspecified atom stereocenters. The largest absolute Gasteiger partial charge is 0.416 e. The quantitative estimate of drug-likeness (QED) is 0.507. The number of anilines is 1. The highest BCUT2D eigenvalue weighted by Crippen LogP contribution is 2.30. The molecule has 1 heterocycles. The Labute approximate surface area is 185 Å². The van der Waals surface area contributed by atoms with E-state index in [0.29, 0.717) is 35.9 Å². The highest BCUT2D eigenvalue weighted by molar-refractivity contribution is 6.30. The molecule has 0 bridgehead atoms. The van der Waals surface area contributed by atoms with Crippen LogP contribution < -0.4 is 5.32 Å². The summed E-state index contributed by atoms with van der Waals surface area (Å²) >= 11 is 5.98. The van der Waals surface area contributed by atoms with Gasteiger partial charge >= 0.3 is 6.18 Å². The number of benzene rings is 2. The van der Waals surface area contributed by atoms with Crippen molar-refractivity contribution in [1.82, 2.24) is 14.9 Å². The summed E-state index contributed by atoms with van der Waals surface area (Å²) in [5.74, 6) is 0.499. The molecule has 0 aliphatic carbocycles. The van der Waals surface area contributed by atoms with Crippen molar-refractivity contribution in [3.05, 3.63) is 87.7 Å². The minimum absolute atomic E-state index is 0.310. The van der Waals surface area contributed by atoms with Gasteiger partial charge in [0.15, 0.2) is 0 Å². The van der Waals surface area contributed by atoms with Crippen LogP contribution in [-0.4, -0.2) is 42.1 Å². The molecule has 4 nitrogen and oxygen atoms in total. The second-order valence-corrected chi connectivity index (χ2v) is 8.01. The van der Waals surface area contributed by atoms with E-state index in [4.69, 9.17) is 11.6 Å². The summed E-state index contributed by atoms with van der Waals surface area (Å²) in [6.45, 7) is 1.50. The molecule has 8 heteroatoms. The van der Waals surface area contributed by atoms with Gasteiger partial charge < -0.3 is 10.2 Å². The van der Waals surface area contributed by atoms with E-state index in [1.165, 1.54) is 12.1 Å². The minimum atomic E-state index is -4.38. The summed E-state index contributed by atoms with van der Waals surface area (Å²) in [6.07, 6.45) is -1.85.